The minimum Gasteiger partial charge on any atom is -0.444 e. The molecule has 4 aliphatic rings. The molecule has 0 bridgehead atoms. The van der Waals surface area contributed by atoms with E-state index in [1.807, 2.05) is 4.57 Å². The molecule has 4 aliphatic heterocycles. The summed E-state index contributed by atoms with van der Waals surface area (Å²) in [5.41, 5.74) is 23.9. The van der Waals surface area contributed by atoms with Gasteiger partial charge in [0.15, 0.2) is 0 Å². The smallest absolute Gasteiger partial charge is 0.444 e. The summed E-state index contributed by atoms with van der Waals surface area (Å²) < 4.78 is 138. The van der Waals surface area contributed by atoms with E-state index >= 15 is 0 Å². The second kappa shape index (κ2) is 32.6. The predicted molar refractivity (Wildman–Crippen MR) is 367 cm³/mol. The number of piperidine rings is 3. The fourth-order valence-electron chi connectivity index (χ4n) is 12.8. The number of halogens is 8. The second-order valence-electron chi connectivity index (χ2n) is 26.9. The van der Waals surface area contributed by atoms with E-state index < -0.39 is 145 Å². The maximum Gasteiger partial charge on any atom is 1.00 e. The third kappa shape index (κ3) is 18.5. The summed E-state index contributed by atoms with van der Waals surface area (Å²) in [4.78, 5) is 46.8. The van der Waals surface area contributed by atoms with Gasteiger partial charge in [-0.2, -0.15) is 4.21 Å². The van der Waals surface area contributed by atoms with Crippen molar-refractivity contribution >= 4 is 126 Å². The van der Waals surface area contributed by atoms with Gasteiger partial charge in [0.25, 0.3) is 0 Å². The molecule has 0 aliphatic carbocycles. The number of fused-ring (bicyclic) bond motifs is 10. The van der Waals surface area contributed by atoms with Crippen LogP contribution in [0, 0.1) is 34.9 Å². The predicted octanol–water partition coefficient (Wildman–Crippen LogP) is 11.6. The van der Waals surface area contributed by atoms with Crippen LogP contribution in [0.4, 0.5) is 40.7 Å². The monoisotopic (exact) mass is 1510 g/mol. The SMILES string of the molecule is CC(C)(C)OC(=O)N1C[C@@H](N=[N+]=[N-])[C@H](O)[C@@H](n2c3ccc(F)cc3c3cc(F)ccc32)C1.CC(C)(C)OC(=O)N1C[C@@H]2OS(=O)O[C@@H]2[C@@H](n2c3ccc(F)cc3c3cc(F)ccc32)C1.CC(C)(C)OC(=O)N1C[C@H](O)[C@H](O)[C@@H](n2c3ccc(F)cc3c3cc(F)ccc32)C1.O=S(Cl)Cl.[N-]=[N+]=[N-].[Na+]. The van der Waals surface area contributed by atoms with Crippen molar-refractivity contribution in [2.24, 2.45) is 5.11 Å². The number of aromatic nitrogens is 3. The molecule has 4 fully saturated rings. The van der Waals surface area contributed by atoms with Crippen LogP contribution in [0.3, 0.4) is 0 Å². The molecule has 1 unspecified atom stereocenters. The van der Waals surface area contributed by atoms with Crippen molar-refractivity contribution in [1.82, 2.24) is 28.4 Å². The molecule has 6 aromatic carbocycles. The summed E-state index contributed by atoms with van der Waals surface area (Å²) in [7, 11) is 7.36. The molecule has 36 heteroatoms. The molecule has 4 saturated heterocycles. The van der Waals surface area contributed by atoms with Crippen molar-refractivity contribution in [2.45, 2.75) is 134 Å². The van der Waals surface area contributed by atoms with Crippen LogP contribution in [0.2, 0.25) is 0 Å². The van der Waals surface area contributed by atoms with Gasteiger partial charge in [0.1, 0.15) is 70.0 Å². The summed E-state index contributed by atoms with van der Waals surface area (Å²) in [5, 5.41) is 39.0. The van der Waals surface area contributed by atoms with Crippen molar-refractivity contribution in [3.63, 3.8) is 0 Å². The molecule has 0 radical (unpaired) electrons. The van der Waals surface area contributed by atoms with Gasteiger partial charge in [-0.15, -0.1) is 0 Å². The number of hydrogen-bond acceptors (Lipinski definition) is 14. The summed E-state index contributed by atoms with van der Waals surface area (Å²) >= 11 is -1.96. The Morgan fingerprint density at radius 1 is 0.500 bits per heavy atom. The first-order valence-corrected chi connectivity index (χ1v) is 34.9. The molecule has 0 saturated carbocycles. The third-order valence-corrected chi connectivity index (χ3v) is 17.3. The molecule has 10 atom stereocenters. The number of nitrogens with zero attached hydrogens (tertiary/aromatic N) is 12. The number of likely N-dealkylation sites (tertiary alicyclic amines) is 3. The summed E-state index contributed by atoms with van der Waals surface area (Å²) in [6.45, 7) is 16.1. The topological polar surface area (TPSA) is 324 Å². The normalized spacial score (nSPS) is 22.0. The molecule has 3 aromatic heterocycles. The van der Waals surface area contributed by atoms with Crippen LogP contribution >= 0.6 is 21.4 Å². The van der Waals surface area contributed by atoms with Gasteiger partial charge in [0, 0.05) is 118 Å². The number of benzene rings is 6. The van der Waals surface area contributed by atoms with E-state index in [0.717, 1.165) is 0 Å². The number of aliphatic hydroxyl groups is 3. The Morgan fingerprint density at radius 2 is 0.775 bits per heavy atom. The first kappa shape index (κ1) is 80.1. The van der Waals surface area contributed by atoms with E-state index in [4.69, 9.17) is 43.4 Å². The molecule has 7 heterocycles. The second-order valence-corrected chi connectivity index (χ2v) is 30.2. The number of amides is 3. The Bertz CT molecular complexity index is 4600. The van der Waals surface area contributed by atoms with Crippen molar-refractivity contribution in [3.8, 4) is 0 Å². The Morgan fingerprint density at radius 3 is 1.08 bits per heavy atom. The van der Waals surface area contributed by atoms with E-state index in [2.05, 4.69) is 31.4 Å². The van der Waals surface area contributed by atoms with Gasteiger partial charge in [-0.25, -0.2) is 44.9 Å². The summed E-state index contributed by atoms with van der Waals surface area (Å²) in [6, 6.07) is 22.2. The average molecular weight is 1510 g/mol. The molecule has 0 spiro atoms. The maximum atomic E-state index is 14.1. The largest absolute Gasteiger partial charge is 1.00 e. The van der Waals surface area contributed by atoms with Crippen LogP contribution in [0.15, 0.2) is 114 Å². The fraction of sp³-hybridized carbons (Fsp3) is 0.409. The summed E-state index contributed by atoms with van der Waals surface area (Å²) in [6.07, 6.45) is -6.53. The zero-order valence-electron chi connectivity index (χ0n) is 56.5. The van der Waals surface area contributed by atoms with Gasteiger partial charge in [0.05, 0.1) is 49.5 Å². The molecule has 102 heavy (non-hydrogen) atoms. The number of carbonyl (C=O) groups is 3. The van der Waals surface area contributed by atoms with Gasteiger partial charge in [-0.1, -0.05) is 5.11 Å². The van der Waals surface area contributed by atoms with Gasteiger partial charge in [0.2, 0.25) is 9.23 Å². The Balaban J connectivity index is 0.000000185. The Labute approximate surface area is 615 Å². The average Bonchev–Trinajstić information content (AvgIpc) is 1.59. The summed E-state index contributed by atoms with van der Waals surface area (Å²) in [5.74, 6) is -2.78. The van der Waals surface area contributed by atoms with E-state index in [-0.39, 0.29) is 68.8 Å². The van der Waals surface area contributed by atoms with E-state index in [0.29, 0.717) is 65.4 Å². The molecule has 3 N–H and O–H groups in total. The van der Waals surface area contributed by atoms with Crippen molar-refractivity contribution in [3.05, 3.63) is 171 Å². The molecular weight excluding hydrogens is 1440 g/mol. The van der Waals surface area contributed by atoms with Crippen LogP contribution in [-0.4, -0.2) is 163 Å². The molecule has 13 rings (SSSR count). The number of ether oxygens (including phenoxy) is 3. The van der Waals surface area contributed by atoms with Crippen LogP contribution < -0.4 is 29.6 Å². The van der Waals surface area contributed by atoms with Gasteiger partial charge in [-0.05, 0) is 177 Å². The first-order chi connectivity index (χ1) is 47.4. The standard InChI is InChI=1S/C22H23F2N5O3.C22H22F2N2O5S.C22H24F2N2O4.Cl2OS.N3.Na/c1-22(2,3)32-21(31)28-10-16(26-27-25)20(30)19(11-28)29-17-6-4-12(23)8-14(17)15-9-13(24)5-7-18(15)29;1-22(2,3)29-21(27)25-10-18(20-19(11-25)30-32(28)31-20)26-16-6-4-12(23)8-14(16)15-9-13(24)5-7-17(15)26;1-22(2,3)30-21(29)25-10-18(20(28)19(27)11-25)26-16-6-4-12(23)8-14(16)15-9-13(24)5-7-17(15)26;1-4(2)3;1-3-2;/h4-9,16,19-20,30H,10-11H2,1-3H3;4-9,18-20H,10-11H2,1-3H3;4-9,18-20,27-28H,10-11H2,1-3H3;;;/q;;;;-1;+1/t16-,19+,20+;18-,19-,20+,32?;18-,19-,20+;;;/m100.../s1. The molecule has 3 amide bonds. The molecule has 9 aromatic rings. The van der Waals surface area contributed by atoms with E-state index in [1.54, 1.807) is 108 Å². The van der Waals surface area contributed by atoms with Crippen molar-refractivity contribution in [2.75, 3.05) is 39.3 Å². The zero-order valence-corrected chi connectivity index (χ0v) is 61.6. The molecule has 540 valence electrons. The van der Waals surface area contributed by atoms with Crippen LogP contribution in [0.1, 0.15) is 80.4 Å². The number of carbonyl (C=O) groups excluding carboxylic acids is 3. The fourth-order valence-corrected chi connectivity index (χ4v) is 13.6. The number of hydrogen-bond donors (Lipinski definition) is 3. The van der Waals surface area contributed by atoms with Crippen molar-refractivity contribution < 1.29 is 117 Å². The number of β-amino-alcohol motifs (C(OH)–C–C–N with tert-alkyl or cyclic N) is 1. The van der Waals surface area contributed by atoms with Crippen molar-refractivity contribution in [1.29, 1.82) is 0 Å². The number of aliphatic hydroxyl groups excluding tert-OH is 3. The number of azide groups is 1. The minimum atomic E-state index is -1.96. The Kier molecular flexibility index (Phi) is 25.6. The van der Waals surface area contributed by atoms with Crippen LogP contribution in [0.5, 0.6) is 0 Å². The zero-order chi connectivity index (χ0) is 74.1. The third-order valence-electron chi connectivity index (χ3n) is 16.5. The van der Waals surface area contributed by atoms with Gasteiger partial charge < -0.3 is 69.0 Å². The van der Waals surface area contributed by atoms with Gasteiger partial charge >= 0.3 is 59.2 Å². The van der Waals surface area contributed by atoms with E-state index in [1.165, 1.54) is 92.4 Å². The Hall–Kier alpha value is -7.59. The quantitative estimate of drug-likeness (QED) is 0.0281. The van der Waals surface area contributed by atoms with E-state index in [9.17, 15) is 60.3 Å². The molecule has 25 nitrogen and oxygen atoms in total. The molecular formula is C66H69Cl2F6N12NaO13S2. The van der Waals surface area contributed by atoms with Crippen LogP contribution in [0.25, 0.3) is 91.8 Å². The first-order valence-electron chi connectivity index (χ1n) is 31.1. The number of rotatable bonds is 4. The minimum absolute atomic E-state index is 0. The maximum absolute atomic E-state index is 14.1. The van der Waals surface area contributed by atoms with Gasteiger partial charge in [-0.3, -0.25) is 13.3 Å². The van der Waals surface area contributed by atoms with Crippen LogP contribution in [-0.2, 0) is 43.2 Å².